The highest BCUT2D eigenvalue weighted by Crippen LogP contribution is 2.34. The van der Waals surface area contributed by atoms with Crippen LogP contribution in [0.1, 0.15) is 24.8 Å². The van der Waals surface area contributed by atoms with Gasteiger partial charge in [0.1, 0.15) is 0 Å². The van der Waals surface area contributed by atoms with E-state index in [0.717, 1.165) is 12.8 Å². The molecule has 0 aromatic heterocycles. The summed E-state index contributed by atoms with van der Waals surface area (Å²) in [6.07, 6.45) is 2.31. The quantitative estimate of drug-likeness (QED) is 0.405. The normalized spacial score (nSPS) is 10.3. The average molecular weight is 284 g/mol. The number of nitrogens with zero attached hydrogens (tertiary/aromatic N) is 1. The van der Waals surface area contributed by atoms with Gasteiger partial charge in [0.15, 0.2) is 11.5 Å². The Hall–Kier alpha value is -1.86. The first-order valence-corrected chi connectivity index (χ1v) is 6.43. The summed E-state index contributed by atoms with van der Waals surface area (Å²) in [5.74, 6) is 0.763. The number of aliphatic hydroxyl groups excluding tert-OH is 1. The van der Waals surface area contributed by atoms with Crippen molar-refractivity contribution >= 4 is 5.69 Å². The molecule has 0 aliphatic rings. The van der Waals surface area contributed by atoms with Crippen LogP contribution in [0.15, 0.2) is 12.1 Å². The second-order valence-corrected chi connectivity index (χ2v) is 4.23. The predicted octanol–water partition coefficient (Wildman–Crippen LogP) is 1.60. The molecule has 7 nitrogen and oxygen atoms in total. The Morgan fingerprint density at radius 3 is 2.60 bits per heavy atom. The van der Waals surface area contributed by atoms with E-state index >= 15 is 0 Å². The molecule has 0 aliphatic heterocycles. The van der Waals surface area contributed by atoms with Crippen molar-refractivity contribution in [2.75, 3.05) is 20.3 Å². The van der Waals surface area contributed by atoms with Crippen LogP contribution < -0.4 is 15.2 Å². The molecule has 1 aromatic rings. The summed E-state index contributed by atoms with van der Waals surface area (Å²) >= 11 is 0. The maximum atomic E-state index is 11.0. The Morgan fingerprint density at radius 2 is 2.05 bits per heavy atom. The molecule has 112 valence electrons. The van der Waals surface area contributed by atoms with E-state index in [4.69, 9.17) is 20.3 Å². The third kappa shape index (κ3) is 4.36. The molecule has 0 atom stereocenters. The molecule has 1 rings (SSSR count). The van der Waals surface area contributed by atoms with Crippen LogP contribution in [0.25, 0.3) is 0 Å². The molecule has 0 aliphatic carbocycles. The third-order valence-corrected chi connectivity index (χ3v) is 2.84. The number of nitro groups is 1. The van der Waals surface area contributed by atoms with E-state index in [2.05, 4.69) is 0 Å². The fourth-order valence-corrected chi connectivity index (χ4v) is 1.77. The SMILES string of the molecule is COc1cc(CN)c([N+](=O)[O-])cc1OCCCCCO. The molecule has 0 radical (unpaired) electrons. The summed E-state index contributed by atoms with van der Waals surface area (Å²) in [7, 11) is 1.47. The van der Waals surface area contributed by atoms with Crippen LogP contribution in [0.3, 0.4) is 0 Å². The summed E-state index contributed by atoms with van der Waals surface area (Å²) in [4.78, 5) is 10.5. The van der Waals surface area contributed by atoms with Gasteiger partial charge in [0, 0.05) is 18.7 Å². The standard InChI is InChI=1S/C13H20N2O5/c1-19-12-7-10(9-14)11(15(17)18)8-13(12)20-6-4-2-3-5-16/h7-8,16H,2-6,9,14H2,1H3. The highest BCUT2D eigenvalue weighted by Gasteiger charge is 2.18. The minimum Gasteiger partial charge on any atom is -0.493 e. The molecule has 0 unspecified atom stereocenters. The fourth-order valence-electron chi connectivity index (χ4n) is 1.77. The molecule has 0 heterocycles. The van der Waals surface area contributed by atoms with Crippen LogP contribution in [-0.2, 0) is 6.54 Å². The van der Waals surface area contributed by atoms with Crippen molar-refractivity contribution in [3.05, 3.63) is 27.8 Å². The van der Waals surface area contributed by atoms with Gasteiger partial charge in [-0.25, -0.2) is 0 Å². The summed E-state index contributed by atoms with van der Waals surface area (Å²) in [5, 5.41) is 19.6. The topological polar surface area (TPSA) is 108 Å². The van der Waals surface area contributed by atoms with Crippen LogP contribution in [0.4, 0.5) is 5.69 Å². The number of aliphatic hydroxyl groups is 1. The van der Waals surface area contributed by atoms with Crippen molar-refractivity contribution in [1.82, 2.24) is 0 Å². The first kappa shape index (κ1) is 16.2. The van der Waals surface area contributed by atoms with Gasteiger partial charge in [-0.15, -0.1) is 0 Å². The van der Waals surface area contributed by atoms with Gasteiger partial charge in [0.25, 0.3) is 5.69 Å². The van der Waals surface area contributed by atoms with Crippen molar-refractivity contribution in [3.63, 3.8) is 0 Å². The Kier molecular flexibility index (Phi) is 6.75. The maximum absolute atomic E-state index is 11.0. The lowest BCUT2D eigenvalue weighted by Gasteiger charge is -2.12. The largest absolute Gasteiger partial charge is 0.493 e. The molecule has 0 saturated heterocycles. The van der Waals surface area contributed by atoms with Crippen LogP contribution >= 0.6 is 0 Å². The highest BCUT2D eigenvalue weighted by molar-refractivity contribution is 5.54. The number of hydrogen-bond acceptors (Lipinski definition) is 6. The number of unbranched alkanes of at least 4 members (excludes halogenated alkanes) is 2. The van der Waals surface area contributed by atoms with Gasteiger partial charge in [0.05, 0.1) is 24.7 Å². The van der Waals surface area contributed by atoms with E-state index < -0.39 is 4.92 Å². The monoisotopic (exact) mass is 284 g/mol. The van der Waals surface area contributed by atoms with Crippen molar-refractivity contribution < 1.29 is 19.5 Å². The highest BCUT2D eigenvalue weighted by atomic mass is 16.6. The molecule has 7 heteroatoms. The lowest BCUT2D eigenvalue weighted by Crippen LogP contribution is -2.05. The lowest BCUT2D eigenvalue weighted by molar-refractivity contribution is -0.385. The van der Waals surface area contributed by atoms with Crippen LogP contribution in [0, 0.1) is 10.1 Å². The Morgan fingerprint density at radius 1 is 1.30 bits per heavy atom. The molecule has 0 saturated carbocycles. The van der Waals surface area contributed by atoms with Crippen molar-refractivity contribution in [1.29, 1.82) is 0 Å². The minimum atomic E-state index is -0.486. The van der Waals surface area contributed by atoms with Crippen LogP contribution in [0.2, 0.25) is 0 Å². The number of hydrogen-bond donors (Lipinski definition) is 2. The maximum Gasteiger partial charge on any atom is 0.277 e. The first-order valence-electron chi connectivity index (χ1n) is 6.43. The fraction of sp³-hybridized carbons (Fsp3) is 0.538. The van der Waals surface area contributed by atoms with Crippen molar-refractivity contribution in [2.45, 2.75) is 25.8 Å². The number of nitro benzene ring substituents is 1. The van der Waals surface area contributed by atoms with Gasteiger partial charge < -0.3 is 20.3 Å². The van der Waals surface area contributed by atoms with Crippen molar-refractivity contribution in [2.24, 2.45) is 5.73 Å². The van der Waals surface area contributed by atoms with Crippen LogP contribution in [-0.4, -0.2) is 30.4 Å². The summed E-state index contributed by atoms with van der Waals surface area (Å²) < 4.78 is 10.7. The minimum absolute atomic E-state index is 0.0590. The number of benzene rings is 1. The molecule has 20 heavy (non-hydrogen) atoms. The third-order valence-electron chi connectivity index (χ3n) is 2.84. The van der Waals surface area contributed by atoms with E-state index in [9.17, 15) is 10.1 Å². The number of ether oxygens (including phenoxy) is 2. The Balaban J connectivity index is 2.82. The second-order valence-electron chi connectivity index (χ2n) is 4.23. The smallest absolute Gasteiger partial charge is 0.277 e. The molecule has 0 spiro atoms. The van der Waals surface area contributed by atoms with Gasteiger partial charge in [0.2, 0.25) is 0 Å². The van der Waals surface area contributed by atoms with E-state index in [-0.39, 0.29) is 18.8 Å². The Labute approximate surface area is 117 Å². The van der Waals surface area contributed by atoms with Gasteiger partial charge in [-0.3, -0.25) is 10.1 Å². The van der Waals surface area contributed by atoms with Gasteiger partial charge in [-0.05, 0) is 25.3 Å². The lowest BCUT2D eigenvalue weighted by atomic mass is 10.1. The van der Waals surface area contributed by atoms with Gasteiger partial charge >= 0.3 is 0 Å². The van der Waals surface area contributed by atoms with Crippen LogP contribution in [0.5, 0.6) is 11.5 Å². The molecule has 3 N–H and O–H groups in total. The number of methoxy groups -OCH3 is 1. The van der Waals surface area contributed by atoms with E-state index in [0.29, 0.717) is 30.1 Å². The van der Waals surface area contributed by atoms with Gasteiger partial charge in [-0.1, -0.05) is 0 Å². The molecule has 0 amide bonds. The average Bonchev–Trinajstić information content (AvgIpc) is 2.46. The van der Waals surface area contributed by atoms with Crippen molar-refractivity contribution in [3.8, 4) is 11.5 Å². The zero-order valence-corrected chi connectivity index (χ0v) is 11.5. The number of nitrogens with two attached hydrogens (primary N) is 1. The molecule has 0 bridgehead atoms. The summed E-state index contributed by atoms with van der Waals surface area (Å²) in [5.41, 5.74) is 5.82. The summed E-state index contributed by atoms with van der Waals surface area (Å²) in [6.45, 7) is 0.624. The summed E-state index contributed by atoms with van der Waals surface area (Å²) in [6, 6.07) is 2.87. The zero-order valence-electron chi connectivity index (χ0n) is 11.5. The molecule has 1 aromatic carbocycles. The molecule has 0 fully saturated rings. The molecular formula is C13H20N2O5. The van der Waals surface area contributed by atoms with Gasteiger partial charge in [-0.2, -0.15) is 0 Å². The number of rotatable bonds is 9. The van der Waals surface area contributed by atoms with E-state index in [1.165, 1.54) is 19.2 Å². The molecular weight excluding hydrogens is 264 g/mol. The zero-order chi connectivity index (χ0) is 15.0. The second kappa shape index (κ2) is 8.34. The van der Waals surface area contributed by atoms with E-state index in [1.807, 2.05) is 0 Å². The predicted molar refractivity (Wildman–Crippen MR) is 74.0 cm³/mol. The first-order chi connectivity index (χ1) is 9.63. The Bertz CT molecular complexity index is 451. The van der Waals surface area contributed by atoms with E-state index in [1.54, 1.807) is 0 Å².